The van der Waals surface area contributed by atoms with Gasteiger partial charge in [-0.15, -0.1) is 11.6 Å². The maximum atomic E-state index is 6.08. The van der Waals surface area contributed by atoms with E-state index in [0.717, 1.165) is 11.8 Å². The monoisotopic (exact) mass is 160 g/mol. The fraction of sp³-hybridized carbons (Fsp3) is 1.00. The molecule has 60 valence electrons. The molecule has 0 aromatic heterocycles. The third kappa shape index (κ3) is 1.66. The highest BCUT2D eigenvalue weighted by Crippen LogP contribution is 2.49. The summed E-state index contributed by atoms with van der Waals surface area (Å²) < 4.78 is 0. The lowest BCUT2D eigenvalue weighted by Gasteiger charge is -1.92. The predicted octanol–water partition coefficient (Wildman–Crippen LogP) is 3.44. The molecule has 1 rings (SSSR count). The minimum Gasteiger partial charge on any atom is -0.122 e. The molecule has 0 aromatic rings. The molecular formula is C9H17Cl. The van der Waals surface area contributed by atoms with Gasteiger partial charge in [-0.2, -0.15) is 0 Å². The fourth-order valence-electron chi connectivity index (χ4n) is 1.81. The molecule has 1 heteroatoms. The lowest BCUT2D eigenvalue weighted by atomic mass is 10.1. The van der Waals surface area contributed by atoms with Gasteiger partial charge in [0, 0.05) is 5.38 Å². The Morgan fingerprint density at radius 3 is 1.70 bits per heavy atom. The van der Waals surface area contributed by atoms with Crippen LogP contribution in [0.5, 0.6) is 0 Å². The fourth-order valence-corrected chi connectivity index (χ4v) is 2.35. The molecule has 0 saturated heterocycles. The van der Waals surface area contributed by atoms with Crippen molar-refractivity contribution < 1.29 is 0 Å². The first kappa shape index (κ1) is 8.39. The van der Waals surface area contributed by atoms with Gasteiger partial charge in [-0.3, -0.25) is 0 Å². The normalized spacial score (nSPS) is 38.1. The van der Waals surface area contributed by atoms with E-state index in [0.29, 0.717) is 5.38 Å². The van der Waals surface area contributed by atoms with E-state index in [2.05, 4.69) is 13.8 Å². The minimum absolute atomic E-state index is 0.528. The molecular weight excluding hydrogens is 144 g/mol. The highest BCUT2D eigenvalue weighted by molar-refractivity contribution is 6.23. The average Bonchev–Trinajstić information content (AvgIpc) is 2.48. The van der Waals surface area contributed by atoms with Gasteiger partial charge >= 0.3 is 0 Å². The number of halogens is 1. The standard InChI is InChI=1S/C9H17Cl/c1-3-5-7-8(6-4-2)9(7)10/h7-9H,3-6H2,1-2H3/t7-,8+,9?. The first-order chi connectivity index (χ1) is 4.81. The van der Waals surface area contributed by atoms with E-state index in [9.17, 15) is 0 Å². The molecule has 0 radical (unpaired) electrons. The van der Waals surface area contributed by atoms with Crippen molar-refractivity contribution >= 4 is 11.6 Å². The van der Waals surface area contributed by atoms with Gasteiger partial charge in [0.2, 0.25) is 0 Å². The lowest BCUT2D eigenvalue weighted by molar-refractivity contribution is 0.593. The van der Waals surface area contributed by atoms with Crippen LogP contribution in [0.4, 0.5) is 0 Å². The molecule has 0 heterocycles. The zero-order valence-corrected chi connectivity index (χ0v) is 7.69. The zero-order valence-electron chi connectivity index (χ0n) is 6.94. The SMILES string of the molecule is CCC[C@@H]1C(Cl)[C@@H]1CCC. The van der Waals surface area contributed by atoms with Crippen molar-refractivity contribution in [2.24, 2.45) is 11.8 Å². The van der Waals surface area contributed by atoms with Crippen LogP contribution in [0.2, 0.25) is 0 Å². The van der Waals surface area contributed by atoms with E-state index in [1.165, 1.54) is 25.7 Å². The molecule has 1 saturated carbocycles. The van der Waals surface area contributed by atoms with E-state index >= 15 is 0 Å². The first-order valence-corrected chi connectivity index (χ1v) is 4.89. The Bertz CT molecular complexity index is 88.9. The highest BCUT2D eigenvalue weighted by Gasteiger charge is 2.46. The molecule has 1 aliphatic carbocycles. The molecule has 0 N–H and O–H groups in total. The molecule has 0 spiro atoms. The van der Waals surface area contributed by atoms with Crippen LogP contribution in [0.25, 0.3) is 0 Å². The Labute approximate surface area is 69.0 Å². The summed E-state index contributed by atoms with van der Waals surface area (Å²) in [6.45, 7) is 4.48. The maximum absolute atomic E-state index is 6.08. The number of hydrogen-bond acceptors (Lipinski definition) is 0. The largest absolute Gasteiger partial charge is 0.122 e. The van der Waals surface area contributed by atoms with Crippen LogP contribution in [0.3, 0.4) is 0 Å². The molecule has 0 aromatic carbocycles. The van der Waals surface area contributed by atoms with E-state index in [1.54, 1.807) is 0 Å². The van der Waals surface area contributed by atoms with Gasteiger partial charge in [0.15, 0.2) is 0 Å². The Morgan fingerprint density at radius 1 is 1.00 bits per heavy atom. The molecule has 10 heavy (non-hydrogen) atoms. The lowest BCUT2D eigenvalue weighted by Crippen LogP contribution is -1.80. The van der Waals surface area contributed by atoms with Crippen LogP contribution in [0.15, 0.2) is 0 Å². The summed E-state index contributed by atoms with van der Waals surface area (Å²) in [7, 11) is 0. The van der Waals surface area contributed by atoms with Crippen LogP contribution in [-0.2, 0) is 0 Å². The van der Waals surface area contributed by atoms with Crippen LogP contribution < -0.4 is 0 Å². The minimum atomic E-state index is 0.528. The zero-order chi connectivity index (χ0) is 7.56. The van der Waals surface area contributed by atoms with Crippen molar-refractivity contribution in [3.05, 3.63) is 0 Å². The number of alkyl halides is 1. The second-order valence-corrected chi connectivity index (χ2v) is 3.85. The third-order valence-electron chi connectivity index (χ3n) is 2.47. The molecule has 0 aliphatic heterocycles. The van der Waals surface area contributed by atoms with Crippen LogP contribution in [-0.4, -0.2) is 5.38 Å². The summed E-state index contributed by atoms with van der Waals surface area (Å²) in [5.41, 5.74) is 0. The molecule has 0 bridgehead atoms. The molecule has 1 fully saturated rings. The Kier molecular flexibility index (Phi) is 3.03. The summed E-state index contributed by atoms with van der Waals surface area (Å²) in [6.07, 6.45) is 5.29. The Hall–Kier alpha value is 0.290. The quantitative estimate of drug-likeness (QED) is 0.553. The third-order valence-corrected chi connectivity index (χ3v) is 3.12. The first-order valence-electron chi connectivity index (χ1n) is 4.45. The number of hydrogen-bond donors (Lipinski definition) is 0. The van der Waals surface area contributed by atoms with Crippen molar-refractivity contribution in [2.75, 3.05) is 0 Å². The Balaban J connectivity index is 2.14. The van der Waals surface area contributed by atoms with Crippen LogP contribution in [0, 0.1) is 11.8 Å². The van der Waals surface area contributed by atoms with Gasteiger partial charge in [0.05, 0.1) is 0 Å². The van der Waals surface area contributed by atoms with Gasteiger partial charge in [-0.05, 0) is 24.7 Å². The Morgan fingerprint density at radius 2 is 1.40 bits per heavy atom. The molecule has 1 unspecified atom stereocenters. The van der Waals surface area contributed by atoms with E-state index in [-0.39, 0.29) is 0 Å². The molecule has 0 amide bonds. The summed E-state index contributed by atoms with van der Waals surface area (Å²) in [6, 6.07) is 0. The average molecular weight is 161 g/mol. The highest BCUT2D eigenvalue weighted by atomic mass is 35.5. The van der Waals surface area contributed by atoms with Gasteiger partial charge in [0.1, 0.15) is 0 Å². The van der Waals surface area contributed by atoms with Crippen molar-refractivity contribution in [1.29, 1.82) is 0 Å². The summed E-state index contributed by atoms with van der Waals surface area (Å²) in [4.78, 5) is 0. The topological polar surface area (TPSA) is 0 Å². The van der Waals surface area contributed by atoms with Gasteiger partial charge in [-0.1, -0.05) is 26.7 Å². The van der Waals surface area contributed by atoms with E-state index in [4.69, 9.17) is 11.6 Å². The molecule has 3 atom stereocenters. The van der Waals surface area contributed by atoms with Crippen molar-refractivity contribution in [1.82, 2.24) is 0 Å². The maximum Gasteiger partial charge on any atom is 0.0398 e. The van der Waals surface area contributed by atoms with Crippen LogP contribution >= 0.6 is 11.6 Å². The summed E-state index contributed by atoms with van der Waals surface area (Å²) >= 11 is 6.08. The molecule has 0 nitrogen and oxygen atoms in total. The second kappa shape index (κ2) is 3.61. The van der Waals surface area contributed by atoms with Crippen LogP contribution in [0.1, 0.15) is 39.5 Å². The van der Waals surface area contributed by atoms with Crippen molar-refractivity contribution in [3.63, 3.8) is 0 Å². The summed E-state index contributed by atoms with van der Waals surface area (Å²) in [5, 5.41) is 0.528. The van der Waals surface area contributed by atoms with Gasteiger partial charge in [-0.25, -0.2) is 0 Å². The predicted molar refractivity (Wildman–Crippen MR) is 46.4 cm³/mol. The van der Waals surface area contributed by atoms with Gasteiger partial charge < -0.3 is 0 Å². The van der Waals surface area contributed by atoms with E-state index in [1.807, 2.05) is 0 Å². The second-order valence-electron chi connectivity index (χ2n) is 3.35. The van der Waals surface area contributed by atoms with Crippen molar-refractivity contribution in [2.45, 2.75) is 44.9 Å². The summed E-state index contributed by atoms with van der Waals surface area (Å²) in [5.74, 6) is 1.73. The molecule has 1 aliphatic rings. The van der Waals surface area contributed by atoms with Gasteiger partial charge in [0.25, 0.3) is 0 Å². The number of rotatable bonds is 4. The van der Waals surface area contributed by atoms with E-state index < -0.39 is 0 Å². The smallest absolute Gasteiger partial charge is 0.0398 e. The van der Waals surface area contributed by atoms with Crippen molar-refractivity contribution in [3.8, 4) is 0 Å².